The third-order valence-corrected chi connectivity index (χ3v) is 4.18. The molecule has 120 valence electrons. The van der Waals surface area contributed by atoms with Crippen molar-refractivity contribution in [2.75, 3.05) is 33.2 Å². The Morgan fingerprint density at radius 1 is 0.957 bits per heavy atom. The number of hydrogen-bond donors (Lipinski definition) is 0. The molecular weight excluding hydrogens is 288 g/mol. The van der Waals surface area contributed by atoms with E-state index in [0.717, 1.165) is 43.1 Å². The number of nitrogens with zero attached hydrogens (tertiary/aromatic N) is 2. The van der Waals surface area contributed by atoms with E-state index in [1.807, 2.05) is 59.5 Å². The molecule has 4 nitrogen and oxygen atoms in total. The Bertz CT molecular complexity index is 649. The van der Waals surface area contributed by atoms with Gasteiger partial charge >= 0.3 is 0 Å². The van der Waals surface area contributed by atoms with Gasteiger partial charge in [-0.25, -0.2) is 0 Å². The molecule has 1 fully saturated rings. The first-order chi connectivity index (χ1) is 11.2. The number of rotatable bonds is 4. The minimum absolute atomic E-state index is 0.102. The molecular formula is C19H22N2O2. The summed E-state index contributed by atoms with van der Waals surface area (Å²) in [5.41, 5.74) is 1.67. The van der Waals surface area contributed by atoms with Crippen LogP contribution in [0.25, 0.3) is 0 Å². The van der Waals surface area contributed by atoms with Gasteiger partial charge in [0.1, 0.15) is 12.4 Å². The normalized spacial score (nSPS) is 15.4. The summed E-state index contributed by atoms with van der Waals surface area (Å²) in [6, 6.07) is 17.4. The van der Waals surface area contributed by atoms with Crippen molar-refractivity contribution >= 4 is 5.91 Å². The van der Waals surface area contributed by atoms with Crippen molar-refractivity contribution in [2.24, 2.45) is 0 Å². The predicted octanol–water partition coefficient (Wildman–Crippen LogP) is 2.65. The monoisotopic (exact) mass is 310 g/mol. The highest BCUT2D eigenvalue weighted by Gasteiger charge is 2.22. The lowest BCUT2D eigenvalue weighted by Gasteiger charge is -2.32. The van der Waals surface area contributed by atoms with Gasteiger partial charge in [0.2, 0.25) is 0 Å². The molecule has 1 aliphatic heterocycles. The first-order valence-electron chi connectivity index (χ1n) is 7.97. The van der Waals surface area contributed by atoms with Crippen molar-refractivity contribution in [3.63, 3.8) is 0 Å². The average molecular weight is 310 g/mol. The molecule has 0 atom stereocenters. The maximum absolute atomic E-state index is 12.8. The quantitative estimate of drug-likeness (QED) is 0.870. The number of ether oxygens (including phenoxy) is 1. The van der Waals surface area contributed by atoms with Crippen LogP contribution in [0.1, 0.15) is 15.9 Å². The fourth-order valence-electron chi connectivity index (χ4n) is 2.71. The van der Waals surface area contributed by atoms with Crippen LogP contribution in [0.5, 0.6) is 5.75 Å². The highest BCUT2D eigenvalue weighted by molar-refractivity contribution is 5.95. The summed E-state index contributed by atoms with van der Waals surface area (Å²) in [4.78, 5) is 17.0. The van der Waals surface area contributed by atoms with Crippen molar-refractivity contribution in [3.05, 3.63) is 65.7 Å². The van der Waals surface area contributed by atoms with E-state index in [1.54, 1.807) is 0 Å². The number of benzene rings is 2. The van der Waals surface area contributed by atoms with Crippen LogP contribution in [0.4, 0.5) is 0 Å². The van der Waals surface area contributed by atoms with Crippen LogP contribution in [0.15, 0.2) is 54.6 Å². The lowest BCUT2D eigenvalue weighted by atomic mass is 10.1. The van der Waals surface area contributed by atoms with Crippen molar-refractivity contribution in [1.29, 1.82) is 0 Å². The number of amides is 1. The Balaban J connectivity index is 1.71. The van der Waals surface area contributed by atoms with Crippen LogP contribution in [-0.4, -0.2) is 48.9 Å². The molecule has 0 N–H and O–H groups in total. The van der Waals surface area contributed by atoms with Crippen LogP contribution < -0.4 is 4.74 Å². The van der Waals surface area contributed by atoms with Gasteiger partial charge in [-0.1, -0.05) is 36.4 Å². The summed E-state index contributed by atoms with van der Waals surface area (Å²) in [5.74, 6) is 0.916. The molecule has 2 aromatic rings. The maximum atomic E-state index is 12.8. The second-order valence-corrected chi connectivity index (χ2v) is 5.85. The average Bonchev–Trinajstić information content (AvgIpc) is 2.61. The van der Waals surface area contributed by atoms with Gasteiger partial charge in [0.05, 0.1) is 0 Å². The van der Waals surface area contributed by atoms with Crippen LogP contribution >= 0.6 is 0 Å². The lowest BCUT2D eigenvalue weighted by molar-refractivity contribution is 0.0661. The predicted molar refractivity (Wildman–Crippen MR) is 90.6 cm³/mol. The molecule has 0 aliphatic carbocycles. The molecule has 2 aromatic carbocycles. The Morgan fingerprint density at radius 2 is 1.61 bits per heavy atom. The van der Waals surface area contributed by atoms with Gasteiger partial charge in [-0.05, 0) is 25.2 Å². The second-order valence-electron chi connectivity index (χ2n) is 5.85. The summed E-state index contributed by atoms with van der Waals surface area (Å²) < 4.78 is 5.81. The zero-order chi connectivity index (χ0) is 16.1. The Hall–Kier alpha value is -2.33. The summed E-state index contributed by atoms with van der Waals surface area (Å²) in [5, 5.41) is 0. The van der Waals surface area contributed by atoms with Crippen LogP contribution in [0.2, 0.25) is 0 Å². The Kier molecular flexibility index (Phi) is 4.93. The fraction of sp³-hybridized carbons (Fsp3) is 0.316. The number of piperazine rings is 1. The standard InChI is InChI=1S/C19H22N2O2/c1-20-11-13-21(14-12-20)19(22)18-10-6-5-7-16(18)15-23-17-8-3-2-4-9-17/h2-10H,11-15H2,1H3. The van der Waals surface area contributed by atoms with Crippen LogP contribution in [0, 0.1) is 0 Å². The molecule has 1 heterocycles. The first kappa shape index (κ1) is 15.6. The molecule has 4 heteroatoms. The first-order valence-corrected chi connectivity index (χ1v) is 7.97. The minimum atomic E-state index is 0.102. The topological polar surface area (TPSA) is 32.8 Å². The zero-order valence-corrected chi connectivity index (χ0v) is 13.4. The lowest BCUT2D eigenvalue weighted by Crippen LogP contribution is -2.47. The highest BCUT2D eigenvalue weighted by atomic mass is 16.5. The molecule has 1 saturated heterocycles. The van der Waals surface area contributed by atoms with Crippen LogP contribution in [-0.2, 0) is 6.61 Å². The number of carbonyl (C=O) groups is 1. The molecule has 0 bridgehead atoms. The van der Waals surface area contributed by atoms with Crippen molar-refractivity contribution in [1.82, 2.24) is 9.80 Å². The molecule has 0 saturated carbocycles. The third kappa shape index (κ3) is 3.90. The van der Waals surface area contributed by atoms with E-state index in [1.165, 1.54) is 0 Å². The molecule has 1 amide bonds. The van der Waals surface area contributed by atoms with Gasteiger partial charge in [-0.3, -0.25) is 4.79 Å². The number of carbonyl (C=O) groups excluding carboxylic acids is 1. The highest BCUT2D eigenvalue weighted by Crippen LogP contribution is 2.17. The van der Waals surface area contributed by atoms with E-state index >= 15 is 0 Å². The molecule has 3 rings (SSSR count). The molecule has 0 unspecified atom stereocenters. The van der Waals surface area contributed by atoms with E-state index in [9.17, 15) is 4.79 Å². The van der Waals surface area contributed by atoms with E-state index in [-0.39, 0.29) is 5.91 Å². The number of likely N-dealkylation sites (N-methyl/N-ethyl adjacent to an activating group) is 1. The summed E-state index contributed by atoms with van der Waals surface area (Å²) in [6.45, 7) is 3.81. The van der Waals surface area contributed by atoms with Gasteiger partial charge in [0.25, 0.3) is 5.91 Å². The van der Waals surface area contributed by atoms with E-state index in [0.29, 0.717) is 6.61 Å². The van der Waals surface area contributed by atoms with Gasteiger partial charge < -0.3 is 14.5 Å². The molecule has 0 spiro atoms. The summed E-state index contributed by atoms with van der Waals surface area (Å²) in [6.07, 6.45) is 0. The van der Waals surface area contributed by atoms with Crippen LogP contribution in [0.3, 0.4) is 0 Å². The maximum Gasteiger partial charge on any atom is 0.254 e. The SMILES string of the molecule is CN1CCN(C(=O)c2ccccc2COc2ccccc2)CC1. The van der Waals surface area contributed by atoms with Gasteiger partial charge in [-0.15, -0.1) is 0 Å². The fourth-order valence-corrected chi connectivity index (χ4v) is 2.71. The number of para-hydroxylation sites is 1. The second kappa shape index (κ2) is 7.29. The Morgan fingerprint density at radius 3 is 2.35 bits per heavy atom. The largest absolute Gasteiger partial charge is 0.489 e. The van der Waals surface area contributed by atoms with Gasteiger partial charge in [-0.2, -0.15) is 0 Å². The molecule has 23 heavy (non-hydrogen) atoms. The Labute approximate surface area is 137 Å². The van der Waals surface area contributed by atoms with E-state index in [4.69, 9.17) is 4.74 Å². The zero-order valence-electron chi connectivity index (χ0n) is 13.4. The minimum Gasteiger partial charge on any atom is -0.489 e. The van der Waals surface area contributed by atoms with Gasteiger partial charge in [0, 0.05) is 37.3 Å². The van der Waals surface area contributed by atoms with E-state index < -0.39 is 0 Å². The smallest absolute Gasteiger partial charge is 0.254 e. The summed E-state index contributed by atoms with van der Waals surface area (Å²) >= 11 is 0. The molecule has 0 aromatic heterocycles. The summed E-state index contributed by atoms with van der Waals surface area (Å²) in [7, 11) is 2.09. The van der Waals surface area contributed by atoms with Crippen molar-refractivity contribution in [2.45, 2.75) is 6.61 Å². The molecule has 0 radical (unpaired) electrons. The van der Waals surface area contributed by atoms with E-state index in [2.05, 4.69) is 11.9 Å². The van der Waals surface area contributed by atoms with Crippen molar-refractivity contribution < 1.29 is 9.53 Å². The van der Waals surface area contributed by atoms with Gasteiger partial charge in [0.15, 0.2) is 0 Å². The molecule has 1 aliphatic rings. The third-order valence-electron chi connectivity index (χ3n) is 4.18. The van der Waals surface area contributed by atoms with Crippen molar-refractivity contribution in [3.8, 4) is 5.75 Å². The number of hydrogen-bond acceptors (Lipinski definition) is 3.